The highest BCUT2D eigenvalue weighted by molar-refractivity contribution is 5.95. The molecule has 1 aromatic carbocycles. The van der Waals surface area contributed by atoms with Crippen LogP contribution in [0.1, 0.15) is 56.0 Å². The lowest BCUT2D eigenvalue weighted by molar-refractivity contribution is 0.0743. The van der Waals surface area contributed by atoms with E-state index in [4.69, 9.17) is 0 Å². The van der Waals surface area contributed by atoms with E-state index in [1.807, 2.05) is 23.1 Å². The molecule has 0 fully saturated rings. The number of hydrogen-bond acceptors (Lipinski definition) is 2. The molecule has 0 aromatic heterocycles. The molecule has 0 bridgehead atoms. The Labute approximate surface area is 139 Å². The molecule has 1 aliphatic heterocycles. The summed E-state index contributed by atoms with van der Waals surface area (Å²) in [6.45, 7) is 6.12. The maximum Gasteiger partial charge on any atom is 0.254 e. The highest BCUT2D eigenvalue weighted by Crippen LogP contribution is 2.19. The predicted octanol–water partition coefficient (Wildman–Crippen LogP) is 3.38. The number of nitrogens with zero attached hydrogens (tertiary/aromatic N) is 1. The Bertz CT molecular complexity index is 644. The summed E-state index contributed by atoms with van der Waals surface area (Å²) in [6, 6.07) is 7.52. The van der Waals surface area contributed by atoms with Gasteiger partial charge in [-0.1, -0.05) is 49.8 Å². The average Bonchev–Trinajstić information content (AvgIpc) is 2.98. The van der Waals surface area contributed by atoms with E-state index in [1.165, 1.54) is 0 Å². The van der Waals surface area contributed by atoms with E-state index in [9.17, 15) is 9.90 Å². The molecule has 0 radical (unpaired) electrons. The molecule has 0 saturated heterocycles. The predicted molar refractivity (Wildman–Crippen MR) is 93.1 cm³/mol. The van der Waals surface area contributed by atoms with Gasteiger partial charge in [-0.3, -0.25) is 4.79 Å². The fraction of sp³-hybridized carbons (Fsp3) is 0.450. The Balaban J connectivity index is 2.15. The van der Waals surface area contributed by atoms with Crippen LogP contribution in [0.2, 0.25) is 0 Å². The number of carbonyl (C=O) groups excluding carboxylic acids is 1. The van der Waals surface area contributed by atoms with E-state index in [0.29, 0.717) is 12.1 Å². The molecule has 1 heterocycles. The first-order valence-corrected chi connectivity index (χ1v) is 8.24. The van der Waals surface area contributed by atoms with Crippen LogP contribution >= 0.6 is 0 Å². The third-order valence-corrected chi connectivity index (χ3v) is 3.80. The van der Waals surface area contributed by atoms with Gasteiger partial charge in [-0.25, -0.2) is 0 Å². The van der Waals surface area contributed by atoms with Gasteiger partial charge in [0.25, 0.3) is 5.91 Å². The Morgan fingerprint density at radius 2 is 2.22 bits per heavy atom. The smallest absolute Gasteiger partial charge is 0.254 e. The highest BCUT2D eigenvalue weighted by atomic mass is 16.3. The van der Waals surface area contributed by atoms with Crippen LogP contribution in [0, 0.1) is 11.8 Å². The SMILES string of the molecule is CCCC[C@@H]1C=CCN1C(=O)c1cccc(C#CC(C)(C)O)c1. The van der Waals surface area contributed by atoms with E-state index < -0.39 is 5.60 Å². The second-order valence-electron chi connectivity index (χ2n) is 6.49. The van der Waals surface area contributed by atoms with Crippen molar-refractivity contribution in [3.05, 3.63) is 47.5 Å². The average molecular weight is 311 g/mol. The van der Waals surface area contributed by atoms with E-state index in [0.717, 1.165) is 24.8 Å². The molecule has 0 aliphatic carbocycles. The summed E-state index contributed by atoms with van der Waals surface area (Å²) in [6.07, 6.45) is 7.46. The fourth-order valence-electron chi connectivity index (χ4n) is 2.59. The number of amides is 1. The minimum Gasteiger partial charge on any atom is -0.378 e. The summed E-state index contributed by atoms with van der Waals surface area (Å²) < 4.78 is 0. The second kappa shape index (κ2) is 7.48. The summed E-state index contributed by atoms with van der Waals surface area (Å²) in [5, 5.41) is 9.69. The van der Waals surface area contributed by atoms with Crippen LogP contribution in [0.3, 0.4) is 0 Å². The molecule has 1 aromatic rings. The fourth-order valence-corrected chi connectivity index (χ4v) is 2.59. The molecule has 23 heavy (non-hydrogen) atoms. The van der Waals surface area contributed by atoms with Crippen molar-refractivity contribution in [3.8, 4) is 11.8 Å². The van der Waals surface area contributed by atoms with Gasteiger partial charge in [0, 0.05) is 17.7 Å². The summed E-state index contributed by atoms with van der Waals surface area (Å²) >= 11 is 0. The van der Waals surface area contributed by atoms with Gasteiger partial charge in [0.05, 0.1) is 6.04 Å². The first kappa shape index (κ1) is 17.3. The first-order valence-electron chi connectivity index (χ1n) is 8.24. The third kappa shape index (κ3) is 4.97. The Morgan fingerprint density at radius 1 is 1.43 bits per heavy atom. The largest absolute Gasteiger partial charge is 0.378 e. The number of rotatable bonds is 4. The molecule has 3 nitrogen and oxygen atoms in total. The van der Waals surface area contributed by atoms with Crippen molar-refractivity contribution in [2.45, 2.75) is 51.7 Å². The number of unbranched alkanes of at least 4 members (excludes halogenated alkanes) is 1. The van der Waals surface area contributed by atoms with Gasteiger partial charge < -0.3 is 10.0 Å². The van der Waals surface area contributed by atoms with Crippen LogP contribution < -0.4 is 0 Å². The topological polar surface area (TPSA) is 40.5 Å². The number of benzene rings is 1. The van der Waals surface area contributed by atoms with Crippen molar-refractivity contribution in [2.75, 3.05) is 6.54 Å². The molecule has 0 unspecified atom stereocenters. The number of aliphatic hydroxyl groups is 1. The van der Waals surface area contributed by atoms with E-state index in [1.54, 1.807) is 19.9 Å². The lowest BCUT2D eigenvalue weighted by atomic mass is 10.1. The van der Waals surface area contributed by atoms with E-state index >= 15 is 0 Å². The summed E-state index contributed by atoms with van der Waals surface area (Å²) in [5.41, 5.74) is 0.359. The Kier molecular flexibility index (Phi) is 5.63. The minimum absolute atomic E-state index is 0.0445. The zero-order chi connectivity index (χ0) is 16.9. The van der Waals surface area contributed by atoms with Crippen LogP contribution in [0.15, 0.2) is 36.4 Å². The van der Waals surface area contributed by atoms with Crippen LogP contribution in [0.4, 0.5) is 0 Å². The monoisotopic (exact) mass is 311 g/mol. The molecule has 0 saturated carbocycles. The minimum atomic E-state index is -1.04. The van der Waals surface area contributed by atoms with Gasteiger partial charge in [0.2, 0.25) is 0 Å². The van der Waals surface area contributed by atoms with Gasteiger partial charge in [0.15, 0.2) is 0 Å². The summed E-state index contributed by atoms with van der Waals surface area (Å²) in [7, 11) is 0. The lowest BCUT2D eigenvalue weighted by Gasteiger charge is -2.24. The van der Waals surface area contributed by atoms with Crippen LogP contribution in [0.25, 0.3) is 0 Å². The van der Waals surface area contributed by atoms with Gasteiger partial charge in [-0.2, -0.15) is 0 Å². The second-order valence-corrected chi connectivity index (χ2v) is 6.49. The Morgan fingerprint density at radius 3 is 2.91 bits per heavy atom. The van der Waals surface area contributed by atoms with Crippen LogP contribution in [0.5, 0.6) is 0 Å². The number of hydrogen-bond donors (Lipinski definition) is 1. The summed E-state index contributed by atoms with van der Waals surface area (Å²) in [5.74, 6) is 5.75. The molecule has 1 atom stereocenters. The molecule has 0 spiro atoms. The molecule has 3 heteroatoms. The van der Waals surface area contributed by atoms with Gasteiger partial charge in [-0.15, -0.1) is 0 Å². The van der Waals surface area contributed by atoms with Crippen molar-refractivity contribution >= 4 is 5.91 Å². The van der Waals surface area contributed by atoms with Crippen LogP contribution in [-0.2, 0) is 0 Å². The van der Waals surface area contributed by atoms with Crippen molar-refractivity contribution in [1.29, 1.82) is 0 Å². The quantitative estimate of drug-likeness (QED) is 0.684. The molecule has 1 aliphatic rings. The summed E-state index contributed by atoms with van der Waals surface area (Å²) in [4.78, 5) is 14.7. The highest BCUT2D eigenvalue weighted by Gasteiger charge is 2.25. The van der Waals surface area contributed by atoms with E-state index in [2.05, 4.69) is 30.9 Å². The maximum atomic E-state index is 12.8. The van der Waals surface area contributed by atoms with Crippen molar-refractivity contribution in [1.82, 2.24) is 4.90 Å². The van der Waals surface area contributed by atoms with Crippen molar-refractivity contribution < 1.29 is 9.90 Å². The van der Waals surface area contributed by atoms with Gasteiger partial charge in [0.1, 0.15) is 5.60 Å². The zero-order valence-corrected chi connectivity index (χ0v) is 14.2. The zero-order valence-electron chi connectivity index (χ0n) is 14.2. The van der Waals surface area contributed by atoms with Gasteiger partial charge in [-0.05, 0) is 38.5 Å². The molecule has 2 rings (SSSR count). The Hall–Kier alpha value is -2.05. The molecular formula is C20H25NO2. The third-order valence-electron chi connectivity index (χ3n) is 3.80. The lowest BCUT2D eigenvalue weighted by Crippen LogP contribution is -2.36. The maximum absolute atomic E-state index is 12.8. The first-order chi connectivity index (χ1) is 10.9. The molecule has 1 amide bonds. The van der Waals surface area contributed by atoms with Gasteiger partial charge >= 0.3 is 0 Å². The molecular weight excluding hydrogens is 286 g/mol. The standard InChI is InChI=1S/C20H25NO2/c1-4-5-10-18-11-7-14-21(18)19(22)17-9-6-8-16(15-17)12-13-20(2,3)23/h6-9,11,15,18,23H,4-5,10,14H2,1-3H3/t18-/m1/s1. The molecule has 1 N–H and O–H groups in total. The molecule has 122 valence electrons. The number of carbonyl (C=O) groups is 1. The normalized spacial score (nSPS) is 17.0. The van der Waals surface area contributed by atoms with E-state index in [-0.39, 0.29) is 11.9 Å². The van der Waals surface area contributed by atoms with Crippen LogP contribution in [-0.4, -0.2) is 34.1 Å². The van der Waals surface area contributed by atoms with Crippen molar-refractivity contribution in [3.63, 3.8) is 0 Å². The van der Waals surface area contributed by atoms with Crippen molar-refractivity contribution in [2.24, 2.45) is 0 Å².